The first kappa shape index (κ1) is 16.0. The lowest BCUT2D eigenvalue weighted by atomic mass is 9.99. The Bertz CT molecular complexity index is 710. The SMILES string of the molecule is Cc1ccc(C(F)(F)F)c(Cc2cc(C(F)F)cn2C2CC2)c1. The highest BCUT2D eigenvalue weighted by Crippen LogP contribution is 2.39. The van der Waals surface area contributed by atoms with Crippen LogP contribution in [-0.2, 0) is 12.6 Å². The van der Waals surface area contributed by atoms with Crippen molar-refractivity contribution < 1.29 is 22.0 Å². The fraction of sp³-hybridized carbons (Fsp3) is 0.412. The molecule has 1 aromatic carbocycles. The Hall–Kier alpha value is -1.85. The van der Waals surface area contributed by atoms with Crippen LogP contribution in [-0.4, -0.2) is 4.57 Å². The van der Waals surface area contributed by atoms with Gasteiger partial charge in [0, 0.05) is 29.9 Å². The summed E-state index contributed by atoms with van der Waals surface area (Å²) in [5.41, 5.74) is 0.516. The van der Waals surface area contributed by atoms with E-state index in [-0.39, 0.29) is 23.6 Å². The number of rotatable bonds is 4. The normalized spacial score (nSPS) is 15.4. The second kappa shape index (κ2) is 5.65. The van der Waals surface area contributed by atoms with Gasteiger partial charge in [0.1, 0.15) is 0 Å². The van der Waals surface area contributed by atoms with Gasteiger partial charge in [-0.2, -0.15) is 13.2 Å². The van der Waals surface area contributed by atoms with E-state index < -0.39 is 18.2 Å². The number of aromatic nitrogens is 1. The van der Waals surface area contributed by atoms with Gasteiger partial charge in [0.2, 0.25) is 0 Å². The van der Waals surface area contributed by atoms with Crippen molar-refractivity contribution in [2.45, 2.75) is 44.8 Å². The first-order chi connectivity index (χ1) is 10.8. The van der Waals surface area contributed by atoms with Crippen LogP contribution in [0.4, 0.5) is 22.0 Å². The standard InChI is InChI=1S/C17H16F5N/c1-10-2-5-15(17(20,21)22)11(6-10)7-14-8-12(16(18)19)9-23(14)13-3-4-13/h2,5-6,8-9,13,16H,3-4,7H2,1H3. The summed E-state index contributed by atoms with van der Waals surface area (Å²) in [5, 5.41) is 0. The molecular formula is C17H16F5N. The molecule has 0 N–H and O–H groups in total. The molecule has 3 rings (SSSR count). The van der Waals surface area contributed by atoms with E-state index in [9.17, 15) is 22.0 Å². The molecule has 1 nitrogen and oxygen atoms in total. The van der Waals surface area contributed by atoms with Gasteiger partial charge in [-0.25, -0.2) is 8.78 Å². The molecule has 1 aliphatic rings. The Morgan fingerprint density at radius 2 is 1.87 bits per heavy atom. The maximum atomic E-state index is 13.2. The Balaban J connectivity index is 2.00. The van der Waals surface area contributed by atoms with Gasteiger partial charge in [0.05, 0.1) is 5.56 Å². The zero-order valence-corrected chi connectivity index (χ0v) is 12.5. The number of halogens is 5. The zero-order chi connectivity index (χ0) is 16.8. The lowest BCUT2D eigenvalue weighted by molar-refractivity contribution is -0.138. The molecule has 1 aromatic heterocycles. The Labute approximate surface area is 130 Å². The van der Waals surface area contributed by atoms with Gasteiger partial charge in [-0.3, -0.25) is 0 Å². The number of alkyl halides is 5. The van der Waals surface area contributed by atoms with Crippen LogP contribution in [0.2, 0.25) is 0 Å². The number of nitrogens with zero attached hydrogens (tertiary/aromatic N) is 1. The highest BCUT2D eigenvalue weighted by molar-refractivity contribution is 5.37. The molecule has 1 aliphatic carbocycles. The van der Waals surface area contributed by atoms with E-state index in [2.05, 4.69) is 0 Å². The molecule has 1 heterocycles. The molecule has 1 fully saturated rings. The van der Waals surface area contributed by atoms with Gasteiger partial charge in [-0.15, -0.1) is 0 Å². The van der Waals surface area contributed by atoms with Crippen molar-refractivity contribution in [2.75, 3.05) is 0 Å². The van der Waals surface area contributed by atoms with E-state index >= 15 is 0 Å². The maximum absolute atomic E-state index is 13.2. The van der Waals surface area contributed by atoms with Crippen LogP contribution in [0.25, 0.3) is 0 Å². The van der Waals surface area contributed by atoms with Crippen molar-refractivity contribution in [3.63, 3.8) is 0 Å². The van der Waals surface area contributed by atoms with Gasteiger partial charge in [-0.1, -0.05) is 17.7 Å². The van der Waals surface area contributed by atoms with E-state index in [4.69, 9.17) is 0 Å². The quantitative estimate of drug-likeness (QED) is 0.636. The van der Waals surface area contributed by atoms with Gasteiger partial charge in [0.15, 0.2) is 0 Å². The summed E-state index contributed by atoms with van der Waals surface area (Å²) in [6, 6.07) is 5.41. The van der Waals surface area contributed by atoms with Crippen molar-refractivity contribution in [3.05, 3.63) is 58.4 Å². The van der Waals surface area contributed by atoms with E-state index in [0.29, 0.717) is 11.3 Å². The predicted octanol–water partition coefficient (Wildman–Crippen LogP) is 5.68. The topological polar surface area (TPSA) is 4.93 Å². The van der Waals surface area contributed by atoms with E-state index in [1.54, 1.807) is 11.5 Å². The van der Waals surface area contributed by atoms with Crippen LogP contribution in [0.1, 0.15) is 53.3 Å². The minimum Gasteiger partial charge on any atom is -0.348 e. The average molecular weight is 329 g/mol. The van der Waals surface area contributed by atoms with Crippen molar-refractivity contribution in [3.8, 4) is 0 Å². The van der Waals surface area contributed by atoms with Crippen molar-refractivity contribution >= 4 is 0 Å². The second-order valence-electron chi connectivity index (χ2n) is 6.04. The van der Waals surface area contributed by atoms with E-state index in [0.717, 1.165) is 18.9 Å². The molecule has 0 spiro atoms. The van der Waals surface area contributed by atoms with Crippen LogP contribution >= 0.6 is 0 Å². The van der Waals surface area contributed by atoms with Crippen LogP contribution in [0, 0.1) is 6.92 Å². The molecule has 0 aliphatic heterocycles. The fourth-order valence-electron chi connectivity index (χ4n) is 2.84. The summed E-state index contributed by atoms with van der Waals surface area (Å²) in [5.74, 6) is 0. The number of hydrogen-bond donors (Lipinski definition) is 0. The molecule has 0 bridgehead atoms. The summed E-state index contributed by atoms with van der Waals surface area (Å²) >= 11 is 0. The van der Waals surface area contributed by atoms with Crippen LogP contribution in [0.3, 0.4) is 0 Å². The third-order valence-electron chi connectivity index (χ3n) is 4.08. The molecule has 6 heteroatoms. The smallest absolute Gasteiger partial charge is 0.348 e. The minimum atomic E-state index is -4.45. The number of aryl methyl sites for hydroxylation is 1. The predicted molar refractivity (Wildman–Crippen MR) is 76.6 cm³/mol. The third-order valence-corrected chi connectivity index (χ3v) is 4.08. The summed E-state index contributed by atoms with van der Waals surface area (Å²) < 4.78 is 67.0. The second-order valence-corrected chi connectivity index (χ2v) is 6.04. The number of hydrogen-bond acceptors (Lipinski definition) is 0. The summed E-state index contributed by atoms with van der Waals surface area (Å²) in [6.07, 6.45) is -3.94. The molecule has 1 saturated carbocycles. The van der Waals surface area contributed by atoms with E-state index in [1.807, 2.05) is 0 Å². The molecule has 0 radical (unpaired) electrons. The van der Waals surface area contributed by atoms with E-state index in [1.165, 1.54) is 24.4 Å². The maximum Gasteiger partial charge on any atom is 0.416 e. The van der Waals surface area contributed by atoms with Crippen molar-refractivity contribution in [2.24, 2.45) is 0 Å². The van der Waals surface area contributed by atoms with Gasteiger partial charge >= 0.3 is 6.18 Å². The molecule has 0 atom stereocenters. The molecule has 2 aromatic rings. The summed E-state index contributed by atoms with van der Waals surface area (Å²) in [4.78, 5) is 0. The zero-order valence-electron chi connectivity index (χ0n) is 12.5. The summed E-state index contributed by atoms with van der Waals surface area (Å²) in [7, 11) is 0. The molecule has 0 amide bonds. The Kier molecular flexibility index (Phi) is 3.94. The van der Waals surface area contributed by atoms with Crippen LogP contribution < -0.4 is 0 Å². The average Bonchev–Trinajstić information content (AvgIpc) is 3.19. The minimum absolute atomic E-state index is 0.000255. The molecule has 0 saturated heterocycles. The monoisotopic (exact) mass is 329 g/mol. The first-order valence-electron chi connectivity index (χ1n) is 7.41. The summed E-state index contributed by atoms with van der Waals surface area (Å²) in [6.45, 7) is 1.72. The lowest BCUT2D eigenvalue weighted by Gasteiger charge is -2.15. The van der Waals surface area contributed by atoms with Crippen molar-refractivity contribution in [1.82, 2.24) is 4.57 Å². The molecule has 124 valence electrons. The van der Waals surface area contributed by atoms with Gasteiger partial charge in [0.25, 0.3) is 6.43 Å². The van der Waals surface area contributed by atoms with Crippen LogP contribution in [0.5, 0.6) is 0 Å². The Morgan fingerprint density at radius 3 is 2.43 bits per heavy atom. The molecular weight excluding hydrogens is 313 g/mol. The van der Waals surface area contributed by atoms with Crippen LogP contribution in [0.15, 0.2) is 30.5 Å². The highest BCUT2D eigenvalue weighted by atomic mass is 19.4. The van der Waals surface area contributed by atoms with Crippen molar-refractivity contribution in [1.29, 1.82) is 0 Å². The Morgan fingerprint density at radius 1 is 1.17 bits per heavy atom. The largest absolute Gasteiger partial charge is 0.416 e. The van der Waals surface area contributed by atoms with Gasteiger partial charge < -0.3 is 4.57 Å². The molecule has 23 heavy (non-hydrogen) atoms. The third kappa shape index (κ3) is 3.41. The fourth-order valence-corrected chi connectivity index (χ4v) is 2.84. The lowest BCUT2D eigenvalue weighted by Crippen LogP contribution is -2.11. The van der Waals surface area contributed by atoms with Gasteiger partial charge in [-0.05, 0) is 37.5 Å². The first-order valence-corrected chi connectivity index (χ1v) is 7.41. The highest BCUT2D eigenvalue weighted by Gasteiger charge is 2.34. The number of benzene rings is 1. The molecule has 0 unspecified atom stereocenters.